The first-order valence-corrected chi connectivity index (χ1v) is 11.3. The van der Waals surface area contributed by atoms with Gasteiger partial charge in [-0.3, -0.25) is 14.5 Å². The normalized spacial score (nSPS) is 17.5. The van der Waals surface area contributed by atoms with Crippen molar-refractivity contribution in [2.45, 2.75) is 45.3 Å². The Kier molecular flexibility index (Phi) is 6.90. The number of rotatable bonds is 8. The summed E-state index contributed by atoms with van der Waals surface area (Å²) < 4.78 is 5.43. The van der Waals surface area contributed by atoms with Crippen LogP contribution in [0, 0.1) is 5.92 Å². The van der Waals surface area contributed by atoms with Crippen LogP contribution in [-0.2, 0) is 11.3 Å². The van der Waals surface area contributed by atoms with Crippen LogP contribution in [0.25, 0.3) is 10.8 Å². The minimum Gasteiger partial charge on any atom is -0.468 e. The van der Waals surface area contributed by atoms with E-state index in [1.165, 1.54) is 0 Å². The summed E-state index contributed by atoms with van der Waals surface area (Å²) in [6.45, 7) is 6.54. The maximum absolute atomic E-state index is 13.1. The van der Waals surface area contributed by atoms with Crippen LogP contribution in [0.15, 0.2) is 65.3 Å². The Bertz CT molecular complexity index is 1060. The summed E-state index contributed by atoms with van der Waals surface area (Å²) in [6, 6.07) is 16.9. The van der Waals surface area contributed by atoms with Crippen molar-refractivity contribution in [1.29, 1.82) is 0 Å². The van der Waals surface area contributed by atoms with Gasteiger partial charge in [-0.2, -0.15) is 0 Å². The summed E-state index contributed by atoms with van der Waals surface area (Å²) in [7, 11) is 0. The van der Waals surface area contributed by atoms with Gasteiger partial charge in [-0.1, -0.05) is 44.2 Å². The Morgan fingerprint density at radius 3 is 2.66 bits per heavy atom. The summed E-state index contributed by atoms with van der Waals surface area (Å²) >= 11 is 0. The number of benzene rings is 2. The number of carbonyl (C=O) groups excluding carboxylic acids is 2. The second-order valence-electron chi connectivity index (χ2n) is 9.03. The molecule has 1 aliphatic heterocycles. The van der Waals surface area contributed by atoms with Crippen LogP contribution < -0.4 is 10.6 Å². The highest BCUT2D eigenvalue weighted by molar-refractivity contribution is 6.00. The Morgan fingerprint density at radius 1 is 1.09 bits per heavy atom. The van der Waals surface area contributed by atoms with E-state index in [0.717, 1.165) is 42.6 Å². The van der Waals surface area contributed by atoms with Gasteiger partial charge in [0.05, 0.1) is 12.8 Å². The number of nitrogens with zero attached hydrogens (tertiary/aromatic N) is 1. The van der Waals surface area contributed by atoms with Crippen molar-refractivity contribution in [1.82, 2.24) is 15.5 Å². The lowest BCUT2D eigenvalue weighted by atomic mass is 10.0. The molecule has 6 heteroatoms. The molecular weight excluding hydrogens is 402 g/mol. The van der Waals surface area contributed by atoms with E-state index >= 15 is 0 Å². The topological polar surface area (TPSA) is 74.6 Å². The van der Waals surface area contributed by atoms with Crippen LogP contribution in [-0.4, -0.2) is 41.9 Å². The smallest absolute Gasteiger partial charge is 0.251 e. The number of furan rings is 1. The number of carbonyl (C=O) groups is 2. The van der Waals surface area contributed by atoms with Gasteiger partial charge in [-0.05, 0) is 53.8 Å². The summed E-state index contributed by atoms with van der Waals surface area (Å²) in [5.74, 6) is 0.874. The molecule has 2 atom stereocenters. The van der Waals surface area contributed by atoms with Gasteiger partial charge < -0.3 is 15.1 Å². The highest BCUT2D eigenvalue weighted by Crippen LogP contribution is 2.17. The minimum atomic E-state index is -0.562. The zero-order valence-electron chi connectivity index (χ0n) is 18.7. The molecule has 1 aliphatic rings. The average Bonchev–Trinajstić information content (AvgIpc) is 3.45. The van der Waals surface area contributed by atoms with Gasteiger partial charge in [-0.25, -0.2) is 0 Å². The average molecular weight is 434 g/mol. The molecule has 2 amide bonds. The standard InChI is InChI=1S/C26H31N3O3/c1-18(2)14-24(28-25(30)21-10-9-19-6-3-4-7-20(19)15-21)26(31)27-22-11-12-29(16-22)17-23-8-5-13-32-23/h3-10,13,15,18,22,24H,11-12,14,16-17H2,1-2H3,(H,27,31)(H,28,30)/t22-,24-/m0/s1. The van der Waals surface area contributed by atoms with Gasteiger partial charge in [0.2, 0.25) is 5.91 Å². The summed E-state index contributed by atoms with van der Waals surface area (Å²) in [5.41, 5.74) is 0.566. The summed E-state index contributed by atoms with van der Waals surface area (Å²) in [6.07, 6.45) is 3.16. The molecule has 1 saturated heterocycles. The Hall–Kier alpha value is -3.12. The van der Waals surface area contributed by atoms with E-state index in [2.05, 4.69) is 29.4 Å². The van der Waals surface area contributed by atoms with E-state index in [1.807, 2.05) is 54.6 Å². The van der Waals surface area contributed by atoms with E-state index in [0.29, 0.717) is 12.0 Å². The summed E-state index contributed by atoms with van der Waals surface area (Å²) in [4.78, 5) is 28.3. The van der Waals surface area contributed by atoms with Gasteiger partial charge in [-0.15, -0.1) is 0 Å². The lowest BCUT2D eigenvalue weighted by Crippen LogP contribution is -2.50. The quantitative estimate of drug-likeness (QED) is 0.564. The molecule has 0 radical (unpaired) electrons. The van der Waals surface area contributed by atoms with Crippen molar-refractivity contribution < 1.29 is 14.0 Å². The number of hydrogen-bond acceptors (Lipinski definition) is 4. The van der Waals surface area contributed by atoms with Crippen LogP contribution in [0.2, 0.25) is 0 Å². The van der Waals surface area contributed by atoms with Crippen LogP contribution in [0.1, 0.15) is 42.8 Å². The monoisotopic (exact) mass is 433 g/mol. The Morgan fingerprint density at radius 2 is 1.91 bits per heavy atom. The van der Waals surface area contributed by atoms with E-state index in [9.17, 15) is 9.59 Å². The van der Waals surface area contributed by atoms with Crippen molar-refractivity contribution in [3.8, 4) is 0 Å². The van der Waals surface area contributed by atoms with Crippen molar-refractivity contribution in [3.63, 3.8) is 0 Å². The van der Waals surface area contributed by atoms with Crippen molar-refractivity contribution in [2.75, 3.05) is 13.1 Å². The van der Waals surface area contributed by atoms with Crippen molar-refractivity contribution in [3.05, 3.63) is 72.2 Å². The lowest BCUT2D eigenvalue weighted by Gasteiger charge is -2.23. The fraction of sp³-hybridized carbons (Fsp3) is 0.385. The third-order valence-corrected chi connectivity index (χ3v) is 5.92. The van der Waals surface area contributed by atoms with E-state index < -0.39 is 6.04 Å². The number of hydrogen-bond donors (Lipinski definition) is 2. The molecular formula is C26H31N3O3. The van der Waals surface area contributed by atoms with Gasteiger partial charge in [0.15, 0.2) is 0 Å². The number of amides is 2. The fourth-order valence-electron chi connectivity index (χ4n) is 4.29. The predicted octanol–water partition coefficient (Wildman–Crippen LogP) is 3.97. The zero-order valence-corrected chi connectivity index (χ0v) is 18.7. The molecule has 4 rings (SSSR count). The molecule has 3 aromatic rings. The molecule has 0 aliphatic carbocycles. The minimum absolute atomic E-state index is 0.0738. The molecule has 1 fully saturated rings. The number of nitrogens with one attached hydrogen (secondary N) is 2. The van der Waals surface area contributed by atoms with E-state index in [-0.39, 0.29) is 23.8 Å². The second kappa shape index (κ2) is 10.0. The Balaban J connectivity index is 1.37. The molecule has 2 N–H and O–H groups in total. The molecule has 0 spiro atoms. The maximum Gasteiger partial charge on any atom is 0.251 e. The molecule has 6 nitrogen and oxygen atoms in total. The van der Waals surface area contributed by atoms with E-state index in [4.69, 9.17) is 4.42 Å². The van der Waals surface area contributed by atoms with Gasteiger partial charge >= 0.3 is 0 Å². The second-order valence-corrected chi connectivity index (χ2v) is 9.03. The van der Waals surface area contributed by atoms with Gasteiger partial charge in [0.1, 0.15) is 11.8 Å². The Labute approximate surface area is 189 Å². The first-order chi connectivity index (χ1) is 15.5. The van der Waals surface area contributed by atoms with Crippen LogP contribution in [0.4, 0.5) is 0 Å². The van der Waals surface area contributed by atoms with Crippen LogP contribution >= 0.6 is 0 Å². The molecule has 2 aromatic carbocycles. The fourth-order valence-corrected chi connectivity index (χ4v) is 4.29. The van der Waals surface area contributed by atoms with Crippen molar-refractivity contribution in [2.24, 2.45) is 5.92 Å². The maximum atomic E-state index is 13.1. The molecule has 0 unspecified atom stereocenters. The number of likely N-dealkylation sites (tertiary alicyclic amines) is 1. The lowest BCUT2D eigenvalue weighted by molar-refractivity contribution is -0.124. The predicted molar refractivity (Wildman–Crippen MR) is 125 cm³/mol. The highest BCUT2D eigenvalue weighted by atomic mass is 16.3. The van der Waals surface area contributed by atoms with Crippen LogP contribution in [0.3, 0.4) is 0 Å². The largest absolute Gasteiger partial charge is 0.468 e. The SMILES string of the molecule is CC(C)C[C@H](NC(=O)c1ccc2ccccc2c1)C(=O)N[C@H]1CCN(Cc2ccco2)C1. The number of fused-ring (bicyclic) bond motifs is 1. The van der Waals surface area contributed by atoms with Crippen molar-refractivity contribution >= 4 is 22.6 Å². The summed E-state index contributed by atoms with van der Waals surface area (Å²) in [5, 5.41) is 8.22. The molecule has 0 saturated carbocycles. The molecule has 2 heterocycles. The molecule has 32 heavy (non-hydrogen) atoms. The third kappa shape index (κ3) is 5.56. The first-order valence-electron chi connectivity index (χ1n) is 11.3. The van der Waals surface area contributed by atoms with Gasteiger partial charge in [0.25, 0.3) is 5.91 Å². The molecule has 168 valence electrons. The van der Waals surface area contributed by atoms with Crippen LogP contribution in [0.5, 0.6) is 0 Å². The molecule has 0 bridgehead atoms. The zero-order chi connectivity index (χ0) is 22.5. The first kappa shape index (κ1) is 22.1. The molecule has 1 aromatic heterocycles. The van der Waals surface area contributed by atoms with Gasteiger partial charge in [0, 0.05) is 24.7 Å². The highest BCUT2D eigenvalue weighted by Gasteiger charge is 2.28. The third-order valence-electron chi connectivity index (χ3n) is 5.92. The van der Waals surface area contributed by atoms with E-state index in [1.54, 1.807) is 6.26 Å².